The van der Waals surface area contributed by atoms with Crippen molar-refractivity contribution >= 4 is 5.69 Å². The summed E-state index contributed by atoms with van der Waals surface area (Å²) in [5.41, 5.74) is 7.87. The average Bonchev–Trinajstić information content (AvgIpc) is 2.78. The fraction of sp³-hybridized carbons (Fsp3) is 0.400. The molecule has 102 valence electrons. The molecule has 3 rings (SSSR count). The van der Waals surface area contributed by atoms with E-state index in [0.29, 0.717) is 0 Å². The van der Waals surface area contributed by atoms with Gasteiger partial charge in [-0.3, -0.25) is 0 Å². The maximum Gasteiger partial charge on any atom is 0.225 e. The fourth-order valence-corrected chi connectivity index (χ4v) is 3.05. The molecule has 2 aromatic rings. The summed E-state index contributed by atoms with van der Waals surface area (Å²) in [7, 11) is 1.95. The minimum atomic E-state index is -0.0224. The van der Waals surface area contributed by atoms with E-state index in [4.69, 9.17) is 12.3 Å². The Balaban J connectivity index is 1.94. The molecule has 5 nitrogen and oxygen atoms in total. The molecule has 0 amide bonds. The van der Waals surface area contributed by atoms with E-state index in [2.05, 4.69) is 21.1 Å². The van der Waals surface area contributed by atoms with Crippen molar-refractivity contribution in [3.63, 3.8) is 0 Å². The number of aromatic nitrogens is 3. The van der Waals surface area contributed by atoms with Crippen molar-refractivity contribution < 1.29 is 0 Å². The van der Waals surface area contributed by atoms with Gasteiger partial charge in [0, 0.05) is 37.4 Å². The van der Waals surface area contributed by atoms with Gasteiger partial charge in [0.25, 0.3) is 0 Å². The van der Waals surface area contributed by atoms with E-state index in [9.17, 15) is 0 Å². The quantitative estimate of drug-likeness (QED) is 0.683. The highest BCUT2D eigenvalue weighted by Gasteiger charge is 2.50. The third-order valence-electron chi connectivity index (χ3n) is 4.24. The van der Waals surface area contributed by atoms with Gasteiger partial charge in [0.1, 0.15) is 12.2 Å². The molecule has 20 heavy (non-hydrogen) atoms. The first-order valence-electron chi connectivity index (χ1n) is 6.68. The molecule has 0 aliphatic heterocycles. The maximum atomic E-state index is 7.20. The Morgan fingerprint density at radius 3 is 2.90 bits per heavy atom. The summed E-state index contributed by atoms with van der Waals surface area (Å²) < 4.78 is 1.94. The second-order valence-corrected chi connectivity index (χ2v) is 5.63. The molecule has 1 fully saturated rings. The lowest BCUT2D eigenvalue weighted by atomic mass is 9.60. The van der Waals surface area contributed by atoms with Crippen LogP contribution < -0.4 is 5.73 Å². The lowest BCUT2D eigenvalue weighted by Crippen LogP contribution is -2.45. The van der Waals surface area contributed by atoms with E-state index in [1.54, 1.807) is 6.33 Å². The highest BCUT2D eigenvalue weighted by molar-refractivity contribution is 5.45. The molecule has 5 heteroatoms. The first kappa shape index (κ1) is 12.7. The summed E-state index contributed by atoms with van der Waals surface area (Å²) in [5.74, 6) is 0.954. The normalized spacial score (nSPS) is 24.9. The molecular formula is C15H17N5. The van der Waals surface area contributed by atoms with Crippen LogP contribution in [0.1, 0.15) is 24.2 Å². The first-order valence-corrected chi connectivity index (χ1v) is 6.68. The molecule has 2 N–H and O–H groups in total. The van der Waals surface area contributed by atoms with Crippen LogP contribution in [0.4, 0.5) is 5.69 Å². The van der Waals surface area contributed by atoms with Gasteiger partial charge in [-0.1, -0.05) is 12.1 Å². The van der Waals surface area contributed by atoms with Crippen LogP contribution in [0.15, 0.2) is 30.6 Å². The van der Waals surface area contributed by atoms with Crippen LogP contribution in [0.25, 0.3) is 4.85 Å². The highest BCUT2D eigenvalue weighted by Crippen LogP contribution is 2.47. The predicted octanol–water partition coefficient (Wildman–Crippen LogP) is 1.96. The number of benzene rings is 1. The van der Waals surface area contributed by atoms with Gasteiger partial charge in [0.2, 0.25) is 6.04 Å². The Morgan fingerprint density at radius 2 is 2.30 bits per heavy atom. The number of hydrogen-bond acceptors (Lipinski definition) is 3. The molecule has 0 atom stereocenters. The number of nitrogens with zero attached hydrogens (tertiary/aromatic N) is 4. The first-order chi connectivity index (χ1) is 9.63. The van der Waals surface area contributed by atoms with Crippen molar-refractivity contribution in [1.29, 1.82) is 0 Å². The van der Waals surface area contributed by atoms with Crippen molar-refractivity contribution in [3.8, 4) is 0 Å². The van der Waals surface area contributed by atoms with Gasteiger partial charge in [-0.2, -0.15) is 0 Å². The monoisotopic (exact) mass is 267 g/mol. The summed E-state index contributed by atoms with van der Waals surface area (Å²) in [6.07, 6.45) is 4.26. The minimum absolute atomic E-state index is 0.0224. The van der Waals surface area contributed by atoms with Crippen LogP contribution in [0.3, 0.4) is 0 Å². The number of rotatable bonds is 3. The van der Waals surface area contributed by atoms with Crippen LogP contribution in [-0.4, -0.2) is 20.8 Å². The van der Waals surface area contributed by atoms with E-state index < -0.39 is 0 Å². The summed E-state index contributed by atoms with van der Waals surface area (Å²) in [6, 6.07) is 8.12. The average molecular weight is 267 g/mol. The lowest BCUT2D eigenvalue weighted by Gasteiger charge is -2.42. The van der Waals surface area contributed by atoms with Gasteiger partial charge in [0.05, 0.1) is 0 Å². The van der Waals surface area contributed by atoms with Gasteiger partial charge < -0.3 is 15.1 Å². The topological polar surface area (TPSA) is 61.1 Å². The van der Waals surface area contributed by atoms with Gasteiger partial charge in [0.15, 0.2) is 0 Å². The standard InChI is InChI=1S/C15H17N5/c1-17-13-7-15(8-13,9-14-19-18-10-20(14)2)11-4-3-5-12(16)6-11/h3-6,10,13H,7-9,16H2,2H3. The van der Waals surface area contributed by atoms with E-state index in [1.165, 1.54) is 5.56 Å². The van der Waals surface area contributed by atoms with Crippen molar-refractivity contribution in [1.82, 2.24) is 14.8 Å². The highest BCUT2D eigenvalue weighted by atomic mass is 15.2. The van der Waals surface area contributed by atoms with E-state index in [1.807, 2.05) is 29.8 Å². The molecule has 1 aliphatic rings. The number of nitrogen functional groups attached to an aromatic ring is 1. The molecular weight excluding hydrogens is 250 g/mol. The van der Waals surface area contributed by atoms with Crippen molar-refractivity contribution in [2.24, 2.45) is 7.05 Å². The zero-order valence-electron chi connectivity index (χ0n) is 11.5. The van der Waals surface area contributed by atoms with Gasteiger partial charge in [-0.25, -0.2) is 6.57 Å². The van der Waals surface area contributed by atoms with Crippen molar-refractivity contribution in [3.05, 3.63) is 53.4 Å². The minimum Gasteiger partial charge on any atom is -0.399 e. The molecule has 0 spiro atoms. The number of hydrogen-bond donors (Lipinski definition) is 1. The molecule has 1 aromatic heterocycles. The van der Waals surface area contributed by atoms with Crippen LogP contribution in [-0.2, 0) is 18.9 Å². The Labute approximate surface area is 118 Å². The Kier molecular flexibility index (Phi) is 2.94. The number of nitrogens with two attached hydrogens (primary N) is 1. The summed E-state index contributed by atoms with van der Waals surface area (Å²) in [5, 5.41) is 8.13. The van der Waals surface area contributed by atoms with Gasteiger partial charge >= 0.3 is 0 Å². The molecule has 0 saturated heterocycles. The molecule has 1 saturated carbocycles. The third kappa shape index (κ3) is 2.03. The van der Waals surface area contributed by atoms with Gasteiger partial charge in [-0.15, -0.1) is 10.2 Å². The zero-order valence-corrected chi connectivity index (χ0v) is 11.5. The summed E-state index contributed by atoms with van der Waals surface area (Å²) in [4.78, 5) is 3.66. The molecule has 0 bridgehead atoms. The largest absolute Gasteiger partial charge is 0.399 e. The van der Waals surface area contributed by atoms with Crippen molar-refractivity contribution in [2.75, 3.05) is 5.73 Å². The Morgan fingerprint density at radius 1 is 1.50 bits per heavy atom. The zero-order chi connectivity index (χ0) is 14.2. The second-order valence-electron chi connectivity index (χ2n) is 5.63. The summed E-state index contributed by atoms with van der Waals surface area (Å²) in [6.45, 7) is 7.20. The molecule has 0 radical (unpaired) electrons. The Hall–Kier alpha value is -2.35. The smallest absolute Gasteiger partial charge is 0.225 e. The van der Waals surface area contributed by atoms with E-state index in [-0.39, 0.29) is 11.5 Å². The number of anilines is 1. The second kappa shape index (κ2) is 4.64. The molecule has 1 aliphatic carbocycles. The van der Waals surface area contributed by atoms with Crippen LogP contribution in [0.2, 0.25) is 0 Å². The fourth-order valence-electron chi connectivity index (χ4n) is 3.05. The van der Waals surface area contributed by atoms with Crippen LogP contribution in [0, 0.1) is 6.57 Å². The predicted molar refractivity (Wildman–Crippen MR) is 76.9 cm³/mol. The summed E-state index contributed by atoms with van der Waals surface area (Å²) >= 11 is 0. The number of aryl methyl sites for hydroxylation is 1. The van der Waals surface area contributed by atoms with E-state index in [0.717, 1.165) is 30.8 Å². The molecule has 1 aromatic carbocycles. The molecule has 1 heterocycles. The lowest BCUT2D eigenvalue weighted by molar-refractivity contribution is 0.221. The molecule has 0 unspecified atom stereocenters. The Bertz CT molecular complexity index is 661. The maximum absolute atomic E-state index is 7.20. The SMILES string of the molecule is [C-]#[N+]C1CC(Cc2nncn2C)(c2cccc(N)c2)C1. The van der Waals surface area contributed by atoms with E-state index >= 15 is 0 Å². The van der Waals surface area contributed by atoms with Gasteiger partial charge in [-0.05, 0) is 17.7 Å². The van der Waals surface area contributed by atoms with Crippen molar-refractivity contribution in [2.45, 2.75) is 30.7 Å². The van der Waals surface area contributed by atoms with Crippen LogP contribution in [0.5, 0.6) is 0 Å². The third-order valence-corrected chi connectivity index (χ3v) is 4.24. The van der Waals surface area contributed by atoms with Crippen LogP contribution >= 0.6 is 0 Å².